The summed E-state index contributed by atoms with van der Waals surface area (Å²) in [5, 5.41) is 11.3. The second kappa shape index (κ2) is 6.76. The van der Waals surface area contributed by atoms with Gasteiger partial charge in [0.2, 0.25) is 0 Å². The zero-order chi connectivity index (χ0) is 13.5. The second-order valence-electron chi connectivity index (χ2n) is 4.04. The predicted molar refractivity (Wildman–Crippen MR) is 65.9 cm³/mol. The van der Waals surface area contributed by atoms with Gasteiger partial charge in [-0.2, -0.15) is 0 Å². The van der Waals surface area contributed by atoms with Crippen LogP contribution in [0.3, 0.4) is 0 Å². The fraction of sp³-hybridized carbons (Fsp3) is 0.385. The molecule has 0 bridgehead atoms. The number of esters is 1. The third-order valence-electron chi connectivity index (χ3n) is 2.45. The fourth-order valence-corrected chi connectivity index (χ4v) is 1.37. The van der Waals surface area contributed by atoms with Crippen LogP contribution >= 0.6 is 0 Å². The third-order valence-corrected chi connectivity index (χ3v) is 2.45. The number of hydrogen-bond donors (Lipinski definition) is 2. The summed E-state index contributed by atoms with van der Waals surface area (Å²) in [6.07, 6.45) is 0. The topological polar surface area (TPSA) is 75.6 Å². The number of carboxylic acids is 1. The molecule has 0 saturated carbocycles. The van der Waals surface area contributed by atoms with Gasteiger partial charge in [-0.15, -0.1) is 0 Å². The molecule has 0 aliphatic rings. The maximum Gasteiger partial charge on any atom is 0.323 e. The lowest BCUT2D eigenvalue weighted by Gasteiger charge is -2.16. The first-order valence-corrected chi connectivity index (χ1v) is 5.70. The maximum atomic E-state index is 11.6. The fourth-order valence-electron chi connectivity index (χ4n) is 1.37. The van der Waals surface area contributed by atoms with Crippen LogP contribution in [0.25, 0.3) is 0 Å². The monoisotopic (exact) mass is 251 g/mol. The first-order valence-electron chi connectivity index (χ1n) is 5.70. The highest BCUT2D eigenvalue weighted by Gasteiger charge is 2.20. The lowest BCUT2D eigenvalue weighted by molar-refractivity contribution is -0.148. The van der Waals surface area contributed by atoms with E-state index in [0.29, 0.717) is 0 Å². The molecular weight excluding hydrogens is 234 g/mol. The molecule has 2 N–H and O–H groups in total. The Morgan fingerprint density at radius 1 is 1.22 bits per heavy atom. The van der Waals surface area contributed by atoms with E-state index in [9.17, 15) is 9.59 Å². The second-order valence-corrected chi connectivity index (χ2v) is 4.04. The molecule has 1 unspecified atom stereocenters. The molecule has 0 spiro atoms. The highest BCUT2D eigenvalue weighted by atomic mass is 16.5. The van der Waals surface area contributed by atoms with Crippen LogP contribution in [0.2, 0.25) is 0 Å². The zero-order valence-corrected chi connectivity index (χ0v) is 10.4. The normalized spacial score (nSPS) is 13.7. The van der Waals surface area contributed by atoms with Crippen molar-refractivity contribution in [1.82, 2.24) is 5.32 Å². The summed E-state index contributed by atoms with van der Waals surface area (Å²) in [4.78, 5) is 22.2. The van der Waals surface area contributed by atoms with Crippen molar-refractivity contribution in [2.45, 2.75) is 32.5 Å². The Balaban J connectivity index is 2.39. The number of benzene rings is 1. The summed E-state index contributed by atoms with van der Waals surface area (Å²) < 4.78 is 5.08. The Morgan fingerprint density at radius 2 is 1.83 bits per heavy atom. The molecule has 0 fully saturated rings. The molecule has 1 aromatic rings. The lowest BCUT2D eigenvalue weighted by atomic mass is 10.2. The van der Waals surface area contributed by atoms with E-state index in [0.717, 1.165) is 5.56 Å². The standard InChI is InChI=1S/C13H17NO4/c1-9(12(15)16)14-10(2)13(17)18-8-11-6-4-3-5-7-11/h3-7,9-10,14H,8H2,1-2H3,(H,15,16)/t9-,10?/m0/s1. The smallest absolute Gasteiger partial charge is 0.323 e. The van der Waals surface area contributed by atoms with Crippen LogP contribution in [0.15, 0.2) is 30.3 Å². The minimum absolute atomic E-state index is 0.188. The summed E-state index contributed by atoms with van der Waals surface area (Å²) in [5.74, 6) is -1.47. The number of ether oxygens (including phenoxy) is 1. The molecule has 0 aliphatic heterocycles. The molecule has 0 radical (unpaired) electrons. The van der Waals surface area contributed by atoms with Gasteiger partial charge in [-0.25, -0.2) is 0 Å². The number of aliphatic carboxylic acids is 1. The van der Waals surface area contributed by atoms with Gasteiger partial charge in [0.1, 0.15) is 18.7 Å². The summed E-state index contributed by atoms with van der Waals surface area (Å²) in [6, 6.07) is 7.86. The lowest BCUT2D eigenvalue weighted by Crippen LogP contribution is -2.44. The van der Waals surface area contributed by atoms with Gasteiger partial charge in [0.25, 0.3) is 0 Å². The number of carbonyl (C=O) groups excluding carboxylic acids is 1. The van der Waals surface area contributed by atoms with Crippen molar-refractivity contribution >= 4 is 11.9 Å². The van der Waals surface area contributed by atoms with Crippen molar-refractivity contribution < 1.29 is 19.4 Å². The van der Waals surface area contributed by atoms with Gasteiger partial charge in [0.15, 0.2) is 0 Å². The van der Waals surface area contributed by atoms with Gasteiger partial charge >= 0.3 is 11.9 Å². The van der Waals surface area contributed by atoms with Crippen LogP contribution in [-0.2, 0) is 20.9 Å². The Labute approximate surface area is 106 Å². The van der Waals surface area contributed by atoms with E-state index in [-0.39, 0.29) is 6.61 Å². The number of rotatable bonds is 6. The van der Waals surface area contributed by atoms with Crippen LogP contribution < -0.4 is 5.32 Å². The van der Waals surface area contributed by atoms with Crippen LogP contribution in [0.5, 0.6) is 0 Å². The Hall–Kier alpha value is -1.88. The van der Waals surface area contributed by atoms with Gasteiger partial charge in [-0.1, -0.05) is 30.3 Å². The Morgan fingerprint density at radius 3 is 2.39 bits per heavy atom. The molecule has 0 aromatic heterocycles. The number of carboxylic acid groups (broad SMARTS) is 1. The molecule has 18 heavy (non-hydrogen) atoms. The van der Waals surface area contributed by atoms with E-state index in [1.807, 2.05) is 30.3 Å². The molecule has 0 aliphatic carbocycles. The average Bonchev–Trinajstić information content (AvgIpc) is 2.36. The first kappa shape index (κ1) is 14.2. The van der Waals surface area contributed by atoms with E-state index in [1.165, 1.54) is 6.92 Å². The van der Waals surface area contributed by atoms with Crippen molar-refractivity contribution in [3.05, 3.63) is 35.9 Å². The van der Waals surface area contributed by atoms with Crippen molar-refractivity contribution in [2.75, 3.05) is 0 Å². The highest BCUT2D eigenvalue weighted by molar-refractivity contribution is 5.78. The molecule has 98 valence electrons. The molecule has 5 heteroatoms. The minimum atomic E-state index is -1.00. The minimum Gasteiger partial charge on any atom is -0.480 e. The summed E-state index contributed by atoms with van der Waals surface area (Å²) in [6.45, 7) is 3.24. The van der Waals surface area contributed by atoms with Gasteiger partial charge in [0, 0.05) is 0 Å². The van der Waals surface area contributed by atoms with Crippen LogP contribution in [0.1, 0.15) is 19.4 Å². The van der Waals surface area contributed by atoms with Crippen LogP contribution in [0.4, 0.5) is 0 Å². The van der Waals surface area contributed by atoms with E-state index < -0.39 is 24.0 Å². The molecule has 0 saturated heterocycles. The van der Waals surface area contributed by atoms with Gasteiger partial charge in [0.05, 0.1) is 0 Å². The SMILES string of the molecule is CC(N[C@@H](C)C(=O)O)C(=O)OCc1ccccc1. The average molecular weight is 251 g/mol. The molecule has 2 atom stereocenters. The Kier molecular flexibility index (Phi) is 5.32. The van der Waals surface area contributed by atoms with Crippen molar-refractivity contribution in [2.24, 2.45) is 0 Å². The summed E-state index contributed by atoms with van der Waals surface area (Å²) in [7, 11) is 0. The van der Waals surface area contributed by atoms with Crippen molar-refractivity contribution in [3.63, 3.8) is 0 Å². The van der Waals surface area contributed by atoms with Crippen molar-refractivity contribution in [1.29, 1.82) is 0 Å². The zero-order valence-electron chi connectivity index (χ0n) is 10.4. The summed E-state index contributed by atoms with van der Waals surface area (Å²) >= 11 is 0. The van der Waals surface area contributed by atoms with E-state index in [1.54, 1.807) is 6.92 Å². The van der Waals surface area contributed by atoms with Crippen LogP contribution in [0, 0.1) is 0 Å². The molecule has 5 nitrogen and oxygen atoms in total. The number of carbonyl (C=O) groups is 2. The Bertz CT molecular complexity index is 405. The van der Waals surface area contributed by atoms with Gasteiger partial charge in [-0.3, -0.25) is 14.9 Å². The molecule has 0 heterocycles. The largest absolute Gasteiger partial charge is 0.480 e. The molecule has 0 amide bonds. The van der Waals surface area contributed by atoms with Crippen molar-refractivity contribution in [3.8, 4) is 0 Å². The van der Waals surface area contributed by atoms with Gasteiger partial charge in [-0.05, 0) is 19.4 Å². The van der Waals surface area contributed by atoms with Crippen LogP contribution in [-0.4, -0.2) is 29.1 Å². The summed E-state index contributed by atoms with van der Waals surface area (Å²) in [5.41, 5.74) is 0.893. The number of nitrogens with one attached hydrogen (secondary N) is 1. The van der Waals surface area contributed by atoms with Gasteiger partial charge < -0.3 is 9.84 Å². The molecule has 1 rings (SSSR count). The predicted octanol–water partition coefficient (Wildman–Crippen LogP) is 1.18. The maximum absolute atomic E-state index is 11.6. The highest BCUT2D eigenvalue weighted by Crippen LogP contribution is 2.02. The molecular formula is C13H17NO4. The quantitative estimate of drug-likeness (QED) is 0.742. The van der Waals surface area contributed by atoms with E-state index in [4.69, 9.17) is 9.84 Å². The van der Waals surface area contributed by atoms with E-state index >= 15 is 0 Å². The van der Waals surface area contributed by atoms with E-state index in [2.05, 4.69) is 5.32 Å². The first-order chi connectivity index (χ1) is 8.50. The number of hydrogen-bond acceptors (Lipinski definition) is 4. The third kappa shape index (κ3) is 4.55. The molecule has 1 aromatic carbocycles.